The van der Waals surface area contributed by atoms with Gasteiger partial charge in [-0.25, -0.2) is 9.59 Å². The lowest BCUT2D eigenvalue weighted by atomic mass is 10.3. The Hall–Kier alpha value is -3.37. The first kappa shape index (κ1) is 19.7. The number of amides is 4. The number of rotatable bonds is 4. The molecule has 0 spiro atoms. The van der Waals surface area contributed by atoms with Crippen LogP contribution in [0.2, 0.25) is 0 Å². The van der Waals surface area contributed by atoms with Gasteiger partial charge in [-0.1, -0.05) is 0 Å². The number of primary amides is 1. The Balaban J connectivity index is 0.000000324. The molecule has 0 radical (unpaired) electrons. The molecule has 1 heterocycles. The highest BCUT2D eigenvalue weighted by Crippen LogP contribution is 2.15. The molecule has 136 valence electrons. The lowest BCUT2D eigenvalue weighted by Crippen LogP contribution is -2.33. The molecule has 4 amide bonds. The largest absolute Gasteiger partial charge is 0.480 e. The Morgan fingerprint density at radius 1 is 1.20 bits per heavy atom. The standard InChI is InChI=1S/C9H9N3O5.C5H10N2O/c13-8(14)5-10-9(15)11-6-1-3-7(4-2-6)12(16)17;6-5(8)7-3-1-2-4-7/h1-4H,5H2,(H,13,14)(H2,10,11,15);1-4H2,(H2,6,8). The van der Waals surface area contributed by atoms with Gasteiger partial charge in [0.05, 0.1) is 4.92 Å². The molecule has 1 saturated heterocycles. The van der Waals surface area contributed by atoms with Crippen molar-refractivity contribution in [2.24, 2.45) is 5.73 Å². The number of aliphatic carboxylic acids is 1. The summed E-state index contributed by atoms with van der Waals surface area (Å²) in [6.45, 7) is 1.21. The van der Waals surface area contributed by atoms with E-state index in [4.69, 9.17) is 10.8 Å². The number of carbonyl (C=O) groups is 3. The molecule has 0 unspecified atom stereocenters. The van der Waals surface area contributed by atoms with E-state index >= 15 is 0 Å². The van der Waals surface area contributed by atoms with E-state index in [2.05, 4.69) is 10.6 Å². The molecule has 11 heteroatoms. The van der Waals surface area contributed by atoms with Gasteiger partial charge in [0.2, 0.25) is 0 Å². The summed E-state index contributed by atoms with van der Waals surface area (Å²) in [5.74, 6) is -1.16. The van der Waals surface area contributed by atoms with Gasteiger partial charge in [-0.3, -0.25) is 14.9 Å². The second-order valence-corrected chi connectivity index (χ2v) is 5.04. The van der Waals surface area contributed by atoms with Crippen LogP contribution in [0.1, 0.15) is 12.8 Å². The second kappa shape index (κ2) is 9.70. The molecule has 0 saturated carbocycles. The third kappa shape index (κ3) is 7.63. The van der Waals surface area contributed by atoms with E-state index in [0.29, 0.717) is 5.69 Å². The fraction of sp³-hybridized carbons (Fsp3) is 0.357. The molecule has 0 aliphatic carbocycles. The zero-order valence-electron chi connectivity index (χ0n) is 13.3. The van der Waals surface area contributed by atoms with Crippen molar-refractivity contribution in [3.63, 3.8) is 0 Å². The number of hydrogen-bond acceptors (Lipinski definition) is 5. The Morgan fingerprint density at radius 3 is 2.16 bits per heavy atom. The summed E-state index contributed by atoms with van der Waals surface area (Å²) in [6, 6.07) is 4.18. The van der Waals surface area contributed by atoms with Crippen molar-refractivity contribution >= 4 is 29.4 Å². The number of urea groups is 2. The number of nitrogens with two attached hydrogens (primary N) is 1. The Morgan fingerprint density at radius 2 is 1.76 bits per heavy atom. The quantitative estimate of drug-likeness (QED) is 0.464. The van der Waals surface area contributed by atoms with Crippen molar-refractivity contribution < 1.29 is 24.4 Å². The third-order valence-corrected chi connectivity index (χ3v) is 3.15. The minimum Gasteiger partial charge on any atom is -0.480 e. The molecule has 0 atom stereocenters. The minimum absolute atomic E-state index is 0.0958. The average molecular weight is 353 g/mol. The van der Waals surface area contributed by atoms with E-state index in [1.165, 1.54) is 24.3 Å². The predicted molar refractivity (Wildman–Crippen MR) is 88.1 cm³/mol. The monoisotopic (exact) mass is 353 g/mol. The van der Waals surface area contributed by atoms with Gasteiger partial charge in [0.25, 0.3) is 5.69 Å². The SMILES string of the molecule is NC(=O)N1CCCC1.O=C(O)CNC(=O)Nc1ccc([N+](=O)[O-])cc1. The zero-order chi connectivity index (χ0) is 18.8. The zero-order valence-corrected chi connectivity index (χ0v) is 13.3. The summed E-state index contributed by atoms with van der Waals surface area (Å²) in [4.78, 5) is 43.1. The van der Waals surface area contributed by atoms with E-state index in [1.807, 2.05) is 0 Å². The molecule has 25 heavy (non-hydrogen) atoms. The van der Waals surface area contributed by atoms with Crippen molar-refractivity contribution in [3.8, 4) is 0 Å². The Bertz CT molecular complexity index is 627. The average Bonchev–Trinajstić information content (AvgIpc) is 3.09. The number of carboxylic acids is 1. The van der Waals surface area contributed by atoms with E-state index in [0.717, 1.165) is 25.9 Å². The molecule has 1 aromatic rings. The van der Waals surface area contributed by atoms with E-state index in [9.17, 15) is 24.5 Å². The highest BCUT2D eigenvalue weighted by atomic mass is 16.6. The molecule has 1 aromatic carbocycles. The smallest absolute Gasteiger partial charge is 0.323 e. The van der Waals surface area contributed by atoms with Gasteiger partial charge in [0.1, 0.15) is 6.54 Å². The van der Waals surface area contributed by atoms with Gasteiger partial charge in [-0.15, -0.1) is 0 Å². The van der Waals surface area contributed by atoms with Crippen molar-refractivity contribution in [2.45, 2.75) is 12.8 Å². The fourth-order valence-electron chi connectivity index (χ4n) is 1.94. The van der Waals surface area contributed by atoms with Gasteiger partial charge < -0.3 is 26.4 Å². The Kier molecular flexibility index (Phi) is 7.63. The molecule has 1 fully saturated rings. The third-order valence-electron chi connectivity index (χ3n) is 3.15. The molecule has 1 aliphatic heterocycles. The molecule has 5 N–H and O–H groups in total. The summed E-state index contributed by atoms with van der Waals surface area (Å²) in [5, 5.41) is 23.1. The van der Waals surface area contributed by atoms with Crippen LogP contribution in [-0.2, 0) is 4.79 Å². The first-order valence-corrected chi connectivity index (χ1v) is 7.35. The number of nitro benzene ring substituents is 1. The second-order valence-electron chi connectivity index (χ2n) is 5.04. The van der Waals surface area contributed by atoms with E-state index in [1.54, 1.807) is 4.90 Å². The topological polar surface area (TPSA) is 168 Å². The summed E-state index contributed by atoms with van der Waals surface area (Å²) in [6.07, 6.45) is 2.23. The number of hydrogen-bond donors (Lipinski definition) is 4. The van der Waals surface area contributed by atoms with Crippen LogP contribution in [0.4, 0.5) is 21.0 Å². The van der Waals surface area contributed by atoms with Gasteiger partial charge >= 0.3 is 18.0 Å². The highest BCUT2D eigenvalue weighted by molar-refractivity contribution is 5.91. The summed E-state index contributed by atoms with van der Waals surface area (Å²) >= 11 is 0. The van der Waals surface area contributed by atoms with Crippen molar-refractivity contribution in [2.75, 3.05) is 25.0 Å². The first-order valence-electron chi connectivity index (χ1n) is 7.35. The normalized spacial score (nSPS) is 12.6. The number of non-ortho nitro benzene ring substituents is 1. The Labute approximate surface area is 142 Å². The van der Waals surface area contributed by atoms with Crippen LogP contribution in [-0.4, -0.2) is 52.6 Å². The number of nitro groups is 1. The molecular weight excluding hydrogens is 334 g/mol. The molecule has 11 nitrogen and oxygen atoms in total. The lowest BCUT2D eigenvalue weighted by Gasteiger charge is -2.09. The molecule has 2 rings (SSSR count). The van der Waals surface area contributed by atoms with Crippen LogP contribution in [0.15, 0.2) is 24.3 Å². The minimum atomic E-state index is -1.16. The van der Waals surface area contributed by atoms with Crippen molar-refractivity contribution in [3.05, 3.63) is 34.4 Å². The van der Waals surface area contributed by atoms with Gasteiger partial charge in [0.15, 0.2) is 0 Å². The molecule has 0 bridgehead atoms. The first-order chi connectivity index (χ1) is 11.8. The van der Waals surface area contributed by atoms with Crippen LogP contribution < -0.4 is 16.4 Å². The number of carbonyl (C=O) groups excluding carboxylic acids is 2. The van der Waals surface area contributed by atoms with Crippen LogP contribution in [0.3, 0.4) is 0 Å². The maximum absolute atomic E-state index is 11.1. The van der Waals surface area contributed by atoms with Crippen LogP contribution in [0, 0.1) is 10.1 Å². The number of benzene rings is 1. The molecule has 0 aromatic heterocycles. The number of anilines is 1. The lowest BCUT2D eigenvalue weighted by molar-refractivity contribution is -0.384. The molecular formula is C14H19N5O6. The van der Waals surface area contributed by atoms with Crippen LogP contribution in [0.5, 0.6) is 0 Å². The predicted octanol–water partition coefficient (Wildman–Crippen LogP) is 0.962. The van der Waals surface area contributed by atoms with Gasteiger partial charge in [-0.05, 0) is 25.0 Å². The van der Waals surface area contributed by atoms with E-state index < -0.39 is 23.5 Å². The summed E-state index contributed by atoms with van der Waals surface area (Å²) in [5.41, 5.74) is 5.22. The number of nitrogens with zero attached hydrogens (tertiary/aromatic N) is 2. The summed E-state index contributed by atoms with van der Waals surface area (Å²) in [7, 11) is 0. The summed E-state index contributed by atoms with van der Waals surface area (Å²) < 4.78 is 0. The molecule has 1 aliphatic rings. The number of nitrogens with one attached hydrogen (secondary N) is 2. The number of carboxylic acid groups (broad SMARTS) is 1. The van der Waals surface area contributed by atoms with Gasteiger partial charge in [-0.2, -0.15) is 0 Å². The van der Waals surface area contributed by atoms with Gasteiger partial charge in [0, 0.05) is 30.9 Å². The van der Waals surface area contributed by atoms with Crippen LogP contribution >= 0.6 is 0 Å². The van der Waals surface area contributed by atoms with E-state index in [-0.39, 0.29) is 11.7 Å². The van der Waals surface area contributed by atoms with Crippen molar-refractivity contribution in [1.29, 1.82) is 0 Å². The van der Waals surface area contributed by atoms with Crippen LogP contribution in [0.25, 0.3) is 0 Å². The highest BCUT2D eigenvalue weighted by Gasteiger charge is 2.13. The maximum Gasteiger partial charge on any atom is 0.323 e. The fourth-order valence-corrected chi connectivity index (χ4v) is 1.94. The van der Waals surface area contributed by atoms with Crippen molar-refractivity contribution in [1.82, 2.24) is 10.2 Å². The number of likely N-dealkylation sites (tertiary alicyclic amines) is 1. The maximum atomic E-state index is 11.1.